The molecule has 1 fully saturated rings. The fourth-order valence-corrected chi connectivity index (χ4v) is 2.02. The van der Waals surface area contributed by atoms with Gasteiger partial charge in [-0.1, -0.05) is 11.6 Å². The molecule has 18 heavy (non-hydrogen) atoms. The molecular weight excluding hydrogens is 254 g/mol. The lowest BCUT2D eigenvalue weighted by Crippen LogP contribution is -2.50. The Morgan fingerprint density at radius 2 is 1.78 bits per heavy atom. The van der Waals surface area contributed by atoms with Crippen LogP contribution in [-0.4, -0.2) is 52.8 Å². The van der Waals surface area contributed by atoms with Crippen LogP contribution in [0.15, 0.2) is 18.3 Å². The molecule has 0 aliphatic carbocycles. The van der Waals surface area contributed by atoms with E-state index in [4.69, 9.17) is 11.6 Å². The number of rotatable bonds is 1. The molecule has 96 valence electrons. The molecule has 0 atom stereocenters. The number of aromatic nitrogens is 1. The van der Waals surface area contributed by atoms with Gasteiger partial charge in [0.05, 0.1) is 5.56 Å². The second-order valence-corrected chi connectivity index (χ2v) is 4.56. The topological polar surface area (TPSA) is 53.5 Å². The summed E-state index contributed by atoms with van der Waals surface area (Å²) < 4.78 is 0. The molecule has 0 unspecified atom stereocenters. The maximum absolute atomic E-state index is 12.1. The predicted molar refractivity (Wildman–Crippen MR) is 67.4 cm³/mol. The average Bonchev–Trinajstić information content (AvgIpc) is 2.39. The molecular formula is C12H14ClN3O2. The van der Waals surface area contributed by atoms with Gasteiger partial charge in [0.2, 0.25) is 5.91 Å². The summed E-state index contributed by atoms with van der Waals surface area (Å²) in [5.41, 5.74) is 0.524. The molecule has 1 aromatic heterocycles. The molecule has 6 heteroatoms. The van der Waals surface area contributed by atoms with E-state index in [9.17, 15) is 9.59 Å². The largest absolute Gasteiger partial charge is 0.339 e. The minimum absolute atomic E-state index is 0.0512. The molecule has 0 N–H and O–H groups in total. The number of hydrogen-bond acceptors (Lipinski definition) is 3. The van der Waals surface area contributed by atoms with Crippen molar-refractivity contribution in [3.05, 3.63) is 29.0 Å². The predicted octanol–water partition coefficient (Wildman–Crippen LogP) is 1.04. The van der Waals surface area contributed by atoms with E-state index < -0.39 is 0 Å². The number of carbonyl (C=O) groups excluding carboxylic acids is 2. The Morgan fingerprint density at radius 3 is 2.28 bits per heavy atom. The zero-order chi connectivity index (χ0) is 13.1. The molecule has 1 saturated heterocycles. The monoisotopic (exact) mass is 267 g/mol. The summed E-state index contributed by atoms with van der Waals surface area (Å²) in [6.45, 7) is 3.83. The first-order chi connectivity index (χ1) is 8.58. The lowest BCUT2D eigenvalue weighted by atomic mass is 10.2. The Balaban J connectivity index is 1.99. The zero-order valence-electron chi connectivity index (χ0n) is 10.1. The molecule has 5 nitrogen and oxygen atoms in total. The first-order valence-corrected chi connectivity index (χ1v) is 6.12. The first kappa shape index (κ1) is 12.8. The Bertz CT molecular complexity index is 453. The van der Waals surface area contributed by atoms with Gasteiger partial charge < -0.3 is 9.80 Å². The second-order valence-electron chi connectivity index (χ2n) is 4.17. The molecule has 0 spiro atoms. The van der Waals surface area contributed by atoms with Crippen molar-refractivity contribution >= 4 is 23.4 Å². The molecule has 2 rings (SSSR count). The van der Waals surface area contributed by atoms with Gasteiger partial charge in [-0.25, -0.2) is 4.98 Å². The minimum Gasteiger partial charge on any atom is -0.339 e. The number of carbonyl (C=O) groups is 2. The van der Waals surface area contributed by atoms with E-state index in [2.05, 4.69) is 4.98 Å². The molecule has 0 saturated carbocycles. The third-order valence-corrected chi connectivity index (χ3v) is 3.21. The summed E-state index contributed by atoms with van der Waals surface area (Å²) in [4.78, 5) is 30.7. The number of nitrogens with zero attached hydrogens (tertiary/aromatic N) is 3. The first-order valence-electron chi connectivity index (χ1n) is 5.74. The maximum atomic E-state index is 12.1. The van der Waals surface area contributed by atoms with Crippen LogP contribution >= 0.6 is 11.6 Å². The van der Waals surface area contributed by atoms with Gasteiger partial charge in [0.1, 0.15) is 5.15 Å². The van der Waals surface area contributed by atoms with Gasteiger partial charge in [-0.05, 0) is 12.1 Å². The fourth-order valence-electron chi connectivity index (χ4n) is 1.91. The number of halogens is 1. The summed E-state index contributed by atoms with van der Waals surface area (Å²) in [7, 11) is 0. The van der Waals surface area contributed by atoms with Gasteiger partial charge in [-0.2, -0.15) is 0 Å². The Kier molecular flexibility index (Phi) is 3.81. The molecule has 2 amide bonds. The molecule has 0 bridgehead atoms. The van der Waals surface area contributed by atoms with Crippen LogP contribution in [0.3, 0.4) is 0 Å². The van der Waals surface area contributed by atoms with E-state index in [1.165, 1.54) is 6.20 Å². The van der Waals surface area contributed by atoms with Crippen LogP contribution in [-0.2, 0) is 4.79 Å². The zero-order valence-corrected chi connectivity index (χ0v) is 10.9. The summed E-state index contributed by atoms with van der Waals surface area (Å²) in [5, 5.41) is 0.368. The van der Waals surface area contributed by atoms with Crippen molar-refractivity contribution in [1.82, 2.24) is 14.8 Å². The van der Waals surface area contributed by atoms with Crippen molar-refractivity contribution in [2.45, 2.75) is 6.92 Å². The smallest absolute Gasteiger partial charge is 0.255 e. The molecule has 0 aromatic carbocycles. The van der Waals surface area contributed by atoms with Crippen LogP contribution in [0.1, 0.15) is 17.3 Å². The van der Waals surface area contributed by atoms with Gasteiger partial charge in [-0.3, -0.25) is 9.59 Å². The number of pyridine rings is 1. The molecule has 1 aromatic rings. The normalized spacial score (nSPS) is 15.7. The quantitative estimate of drug-likeness (QED) is 0.715. The van der Waals surface area contributed by atoms with Crippen molar-refractivity contribution in [2.75, 3.05) is 26.2 Å². The van der Waals surface area contributed by atoms with Crippen molar-refractivity contribution in [3.8, 4) is 0 Å². The van der Waals surface area contributed by atoms with Crippen LogP contribution < -0.4 is 0 Å². The highest BCUT2D eigenvalue weighted by Gasteiger charge is 2.23. The van der Waals surface area contributed by atoms with Gasteiger partial charge in [0, 0.05) is 39.3 Å². The standard InChI is InChI=1S/C12H14ClN3O2/c1-9(17)15-4-6-16(7-5-15)12(18)10-2-3-11(13)14-8-10/h2-3,8H,4-7H2,1H3. The highest BCUT2D eigenvalue weighted by molar-refractivity contribution is 6.29. The average molecular weight is 268 g/mol. The van der Waals surface area contributed by atoms with E-state index in [1.807, 2.05) is 0 Å². The third kappa shape index (κ3) is 2.79. The van der Waals surface area contributed by atoms with Crippen molar-refractivity contribution in [1.29, 1.82) is 0 Å². The minimum atomic E-state index is -0.0673. The van der Waals surface area contributed by atoms with Crippen molar-refractivity contribution in [3.63, 3.8) is 0 Å². The molecule has 2 heterocycles. The van der Waals surface area contributed by atoms with Gasteiger partial charge in [0.25, 0.3) is 5.91 Å². The van der Waals surface area contributed by atoms with Crippen LogP contribution in [0.25, 0.3) is 0 Å². The number of amides is 2. The highest BCUT2D eigenvalue weighted by atomic mass is 35.5. The van der Waals surface area contributed by atoms with Crippen LogP contribution in [0.4, 0.5) is 0 Å². The van der Waals surface area contributed by atoms with E-state index in [-0.39, 0.29) is 11.8 Å². The Morgan fingerprint density at radius 1 is 1.17 bits per heavy atom. The molecule has 0 radical (unpaired) electrons. The van der Waals surface area contributed by atoms with Gasteiger partial charge in [-0.15, -0.1) is 0 Å². The van der Waals surface area contributed by atoms with E-state index >= 15 is 0 Å². The highest BCUT2D eigenvalue weighted by Crippen LogP contribution is 2.10. The maximum Gasteiger partial charge on any atom is 0.255 e. The summed E-state index contributed by atoms with van der Waals surface area (Å²) >= 11 is 5.68. The van der Waals surface area contributed by atoms with Crippen LogP contribution in [0.5, 0.6) is 0 Å². The van der Waals surface area contributed by atoms with Gasteiger partial charge >= 0.3 is 0 Å². The molecule has 1 aliphatic heterocycles. The Labute approximate surface area is 110 Å². The third-order valence-electron chi connectivity index (χ3n) is 2.99. The van der Waals surface area contributed by atoms with E-state index in [1.54, 1.807) is 28.9 Å². The fraction of sp³-hybridized carbons (Fsp3) is 0.417. The lowest BCUT2D eigenvalue weighted by Gasteiger charge is -2.34. The van der Waals surface area contributed by atoms with Crippen molar-refractivity contribution < 1.29 is 9.59 Å². The van der Waals surface area contributed by atoms with Gasteiger partial charge in [0.15, 0.2) is 0 Å². The van der Waals surface area contributed by atoms with Crippen molar-refractivity contribution in [2.24, 2.45) is 0 Å². The lowest BCUT2D eigenvalue weighted by molar-refractivity contribution is -0.130. The van der Waals surface area contributed by atoms with E-state index in [0.717, 1.165) is 0 Å². The van der Waals surface area contributed by atoms with E-state index in [0.29, 0.717) is 36.9 Å². The summed E-state index contributed by atoms with van der Waals surface area (Å²) in [5.74, 6) is -0.0161. The number of hydrogen-bond donors (Lipinski definition) is 0. The second kappa shape index (κ2) is 5.35. The summed E-state index contributed by atoms with van der Waals surface area (Å²) in [6, 6.07) is 3.26. The van der Waals surface area contributed by atoms with Crippen LogP contribution in [0.2, 0.25) is 5.15 Å². The summed E-state index contributed by atoms with van der Waals surface area (Å²) in [6.07, 6.45) is 1.47. The molecule has 1 aliphatic rings. The Hall–Kier alpha value is -1.62. The SMILES string of the molecule is CC(=O)N1CCN(C(=O)c2ccc(Cl)nc2)CC1. The van der Waals surface area contributed by atoms with Crippen LogP contribution in [0, 0.1) is 0 Å². The number of piperazine rings is 1.